The van der Waals surface area contributed by atoms with Gasteiger partial charge in [-0.15, -0.1) is 0 Å². The van der Waals surface area contributed by atoms with Crippen molar-refractivity contribution in [3.05, 3.63) is 59.4 Å². The number of nitrogens with zero attached hydrogens (tertiary/aromatic N) is 3. The minimum atomic E-state index is -0.726. The highest BCUT2D eigenvalue weighted by molar-refractivity contribution is 8.00. The van der Waals surface area contributed by atoms with Crippen LogP contribution in [0, 0.1) is 0 Å². The number of benzene rings is 2. The molecule has 0 saturated carbocycles. The molecular weight excluding hydrogens is 526 g/mol. The molecule has 0 unspecified atom stereocenters. The molecule has 10 heteroatoms. The fourth-order valence-electron chi connectivity index (χ4n) is 4.71. The van der Waals surface area contributed by atoms with E-state index in [4.69, 9.17) is 9.72 Å². The third-order valence-corrected chi connectivity index (χ3v) is 8.14. The number of fused-ring (bicyclic) bond motifs is 2. The predicted octanol–water partition coefficient (Wildman–Crippen LogP) is 4.83. The van der Waals surface area contributed by atoms with Crippen molar-refractivity contribution in [3.63, 3.8) is 0 Å². The molecule has 0 bridgehead atoms. The van der Waals surface area contributed by atoms with Crippen molar-refractivity contribution in [1.82, 2.24) is 19.8 Å². The maximum absolute atomic E-state index is 13.9. The summed E-state index contributed by atoms with van der Waals surface area (Å²) in [4.78, 5) is 50.1. The van der Waals surface area contributed by atoms with Crippen LogP contribution in [0.3, 0.4) is 0 Å². The fraction of sp³-hybridized carbons (Fsp3) is 0.467. The number of nitrogens with one attached hydrogen (secondary N) is 2. The second-order valence-electron chi connectivity index (χ2n) is 11.1. The van der Waals surface area contributed by atoms with Crippen molar-refractivity contribution in [2.45, 2.75) is 63.9 Å². The Morgan fingerprint density at radius 3 is 2.67 bits per heavy atom. The molecule has 0 radical (unpaired) electrons. The molecule has 214 valence electrons. The molecule has 0 aliphatic carbocycles. The van der Waals surface area contributed by atoms with E-state index in [-0.39, 0.29) is 23.0 Å². The number of likely N-dealkylation sites (N-methyl/N-ethyl adjacent to an activating group) is 1. The lowest BCUT2D eigenvalue weighted by Crippen LogP contribution is -2.39. The van der Waals surface area contributed by atoms with Gasteiger partial charge < -0.3 is 24.8 Å². The highest BCUT2D eigenvalue weighted by Crippen LogP contribution is 2.27. The van der Waals surface area contributed by atoms with Crippen molar-refractivity contribution in [3.8, 4) is 0 Å². The summed E-state index contributed by atoms with van der Waals surface area (Å²) in [5.41, 5.74) is 3.91. The summed E-state index contributed by atoms with van der Waals surface area (Å²) in [6.45, 7) is 7.94. The molecule has 40 heavy (non-hydrogen) atoms. The number of hydrogen-bond acceptors (Lipinski definition) is 7. The summed E-state index contributed by atoms with van der Waals surface area (Å²) in [6, 6.07) is 12.6. The van der Waals surface area contributed by atoms with Crippen molar-refractivity contribution < 1.29 is 19.1 Å². The second kappa shape index (κ2) is 12.8. The first kappa shape index (κ1) is 29.5. The first-order valence-corrected chi connectivity index (χ1v) is 14.6. The molecule has 2 heterocycles. The van der Waals surface area contributed by atoms with Crippen LogP contribution in [-0.2, 0) is 27.4 Å². The van der Waals surface area contributed by atoms with Crippen molar-refractivity contribution >= 4 is 46.3 Å². The number of aromatic amines is 1. The summed E-state index contributed by atoms with van der Waals surface area (Å²) < 4.78 is 4.98. The van der Waals surface area contributed by atoms with Gasteiger partial charge in [0.05, 0.1) is 31.1 Å². The number of amides is 2. The van der Waals surface area contributed by atoms with Crippen LogP contribution in [-0.4, -0.2) is 74.8 Å². The standard InChI is InChI=1S/C30H39N5O4S/c1-30(2,3)40-15-9-8-14-35(19-26-32-23-10-6-7-11-24(23)33-26)28(37)20-12-13-22-21(16-20)18-34(4)29(38)25(31-22)17-27(36)39-5/h6-7,10-13,16,25,31H,8-9,14-15,17-19H2,1-5H3,(H,32,33)/t25-/m0/s1. The van der Waals surface area contributed by atoms with E-state index < -0.39 is 12.0 Å². The van der Waals surface area contributed by atoms with E-state index in [2.05, 4.69) is 31.1 Å². The van der Waals surface area contributed by atoms with Crippen molar-refractivity contribution in [2.24, 2.45) is 0 Å². The van der Waals surface area contributed by atoms with E-state index in [1.807, 2.05) is 53.1 Å². The summed E-state index contributed by atoms with van der Waals surface area (Å²) in [6.07, 6.45) is 1.82. The van der Waals surface area contributed by atoms with Gasteiger partial charge in [0.25, 0.3) is 5.91 Å². The van der Waals surface area contributed by atoms with Crippen molar-refractivity contribution in [1.29, 1.82) is 0 Å². The molecule has 2 amide bonds. The average Bonchev–Trinajstić information content (AvgIpc) is 3.28. The lowest BCUT2D eigenvalue weighted by Gasteiger charge is -2.23. The molecule has 0 spiro atoms. The number of para-hydroxylation sites is 2. The first-order valence-electron chi connectivity index (χ1n) is 13.6. The van der Waals surface area contributed by atoms with Gasteiger partial charge in [-0.2, -0.15) is 11.8 Å². The van der Waals surface area contributed by atoms with Crippen LogP contribution in [0.4, 0.5) is 5.69 Å². The average molecular weight is 566 g/mol. The minimum absolute atomic E-state index is 0.0709. The van der Waals surface area contributed by atoms with Gasteiger partial charge in [-0.05, 0) is 54.5 Å². The van der Waals surface area contributed by atoms with Gasteiger partial charge in [0.1, 0.15) is 11.9 Å². The monoisotopic (exact) mass is 565 g/mol. The van der Waals surface area contributed by atoms with Crippen LogP contribution < -0.4 is 5.32 Å². The lowest BCUT2D eigenvalue weighted by atomic mass is 10.1. The molecule has 1 aliphatic heterocycles. The van der Waals surface area contributed by atoms with Gasteiger partial charge in [-0.3, -0.25) is 14.4 Å². The number of carbonyl (C=O) groups excluding carboxylic acids is 3. The number of imidazole rings is 1. The Balaban J connectivity index is 1.54. The summed E-state index contributed by atoms with van der Waals surface area (Å²) in [5.74, 6) is 1.03. The number of unbranched alkanes of at least 4 members (excludes halogenated alkanes) is 1. The molecule has 0 fully saturated rings. The molecule has 4 rings (SSSR count). The Labute approximate surface area is 240 Å². The lowest BCUT2D eigenvalue weighted by molar-refractivity contribution is -0.143. The van der Waals surface area contributed by atoms with E-state index in [9.17, 15) is 14.4 Å². The van der Waals surface area contributed by atoms with E-state index in [0.29, 0.717) is 25.2 Å². The van der Waals surface area contributed by atoms with E-state index in [1.165, 1.54) is 7.11 Å². The van der Waals surface area contributed by atoms with E-state index in [1.54, 1.807) is 18.0 Å². The zero-order valence-electron chi connectivity index (χ0n) is 24.0. The number of aromatic nitrogens is 2. The van der Waals surface area contributed by atoms with Gasteiger partial charge >= 0.3 is 5.97 Å². The molecule has 3 aromatic rings. The topological polar surface area (TPSA) is 108 Å². The molecule has 0 saturated heterocycles. The summed E-state index contributed by atoms with van der Waals surface area (Å²) in [5, 5.41) is 3.18. The maximum Gasteiger partial charge on any atom is 0.308 e. The van der Waals surface area contributed by atoms with E-state index >= 15 is 0 Å². The number of anilines is 1. The molecule has 1 atom stereocenters. The predicted molar refractivity (Wildman–Crippen MR) is 159 cm³/mol. The first-order chi connectivity index (χ1) is 19.0. The van der Waals surface area contributed by atoms with Gasteiger partial charge in [-0.25, -0.2) is 4.98 Å². The molecule has 1 aromatic heterocycles. The molecular formula is C30H39N5O4S. The molecule has 2 aromatic carbocycles. The quantitative estimate of drug-likeness (QED) is 0.268. The van der Waals surface area contributed by atoms with Crippen LogP contribution in [0.25, 0.3) is 11.0 Å². The van der Waals surface area contributed by atoms with Gasteiger partial charge in [-0.1, -0.05) is 32.9 Å². The Hall–Kier alpha value is -3.53. The number of ether oxygens (including phenoxy) is 1. The number of methoxy groups -OCH3 is 1. The van der Waals surface area contributed by atoms with Gasteiger partial charge in [0.2, 0.25) is 5.91 Å². The summed E-state index contributed by atoms with van der Waals surface area (Å²) >= 11 is 1.93. The molecule has 1 aliphatic rings. The van der Waals surface area contributed by atoms with Crippen LogP contribution in [0.1, 0.15) is 61.8 Å². The van der Waals surface area contributed by atoms with Crippen LogP contribution in [0.2, 0.25) is 0 Å². The van der Waals surface area contributed by atoms with Crippen LogP contribution >= 0.6 is 11.8 Å². The zero-order chi connectivity index (χ0) is 28.9. The highest BCUT2D eigenvalue weighted by Gasteiger charge is 2.30. The Morgan fingerprint density at radius 1 is 1.18 bits per heavy atom. The number of hydrogen-bond donors (Lipinski definition) is 2. The zero-order valence-corrected chi connectivity index (χ0v) is 24.8. The maximum atomic E-state index is 13.9. The smallest absolute Gasteiger partial charge is 0.308 e. The fourth-order valence-corrected chi connectivity index (χ4v) is 5.68. The van der Waals surface area contributed by atoms with Gasteiger partial charge in [0.15, 0.2) is 0 Å². The Morgan fingerprint density at radius 2 is 1.95 bits per heavy atom. The number of H-pyrrole nitrogens is 1. The Kier molecular flexibility index (Phi) is 9.40. The number of rotatable bonds is 10. The SMILES string of the molecule is COC(=O)C[C@@H]1Nc2ccc(C(=O)N(CCCCSC(C)(C)C)Cc3nc4ccccc4[nH]3)cc2CN(C)C1=O. The number of carbonyl (C=O) groups is 3. The highest BCUT2D eigenvalue weighted by atomic mass is 32.2. The van der Waals surface area contributed by atoms with E-state index in [0.717, 1.165) is 46.7 Å². The number of esters is 1. The van der Waals surface area contributed by atoms with Crippen LogP contribution in [0.15, 0.2) is 42.5 Å². The number of thioether (sulfide) groups is 1. The molecule has 9 nitrogen and oxygen atoms in total. The van der Waals surface area contributed by atoms with Crippen molar-refractivity contribution in [2.75, 3.05) is 31.8 Å². The third kappa shape index (κ3) is 7.56. The minimum Gasteiger partial charge on any atom is -0.469 e. The third-order valence-electron chi connectivity index (χ3n) is 6.79. The Bertz CT molecular complexity index is 1330. The molecule has 2 N–H and O–H groups in total. The van der Waals surface area contributed by atoms with Crippen LogP contribution in [0.5, 0.6) is 0 Å². The van der Waals surface area contributed by atoms with Gasteiger partial charge in [0, 0.05) is 36.1 Å². The second-order valence-corrected chi connectivity index (χ2v) is 13.1. The normalized spacial score (nSPS) is 15.4. The summed E-state index contributed by atoms with van der Waals surface area (Å²) in [7, 11) is 3.00. The largest absolute Gasteiger partial charge is 0.469 e.